The van der Waals surface area contributed by atoms with Gasteiger partial charge in [0, 0.05) is 0 Å². The molecule has 0 saturated heterocycles. The van der Waals surface area contributed by atoms with E-state index < -0.39 is 10.3 Å². The van der Waals surface area contributed by atoms with Crippen molar-refractivity contribution >= 4 is 10.3 Å². The van der Waals surface area contributed by atoms with Crippen molar-refractivity contribution in [1.82, 2.24) is 10.2 Å². The number of nitrogens with zero attached hydrogens (tertiary/aromatic N) is 1. The van der Waals surface area contributed by atoms with E-state index in [1.807, 2.05) is 0 Å². The zero-order valence-electron chi connectivity index (χ0n) is 3.66. The summed E-state index contributed by atoms with van der Waals surface area (Å²) in [7, 11) is -2.33. The van der Waals surface area contributed by atoms with Crippen molar-refractivity contribution in [3.8, 4) is 0 Å². The number of nitrogens with one attached hydrogen (secondary N) is 1. The van der Waals surface area contributed by atoms with Gasteiger partial charge in [-0.15, -0.1) is 5.10 Å². The molecular formula is C2H2N2O3S. The van der Waals surface area contributed by atoms with Crippen molar-refractivity contribution in [3.05, 3.63) is 11.2 Å². The van der Waals surface area contributed by atoms with Crippen LogP contribution in [0.5, 0.6) is 0 Å². The minimum absolute atomic E-state index is 0.259. The average molecular weight is 134 g/mol. The summed E-state index contributed by atoms with van der Waals surface area (Å²) in [6.07, 6.45) is 1.01. The summed E-state index contributed by atoms with van der Waals surface area (Å²) in [4.78, 5) is -0.259. The zero-order chi connectivity index (χ0) is 5.98. The maximum absolute atomic E-state index is 9.90. The maximum atomic E-state index is 9.90. The first-order chi connectivity index (χ1) is 3.80. The fraction of sp³-hybridized carbons (Fsp3) is 0. The topological polar surface area (TPSA) is 76.0 Å². The third-order valence-electron chi connectivity index (χ3n) is 0.520. The first-order valence-corrected chi connectivity index (χ1v) is 2.78. The van der Waals surface area contributed by atoms with E-state index in [1.165, 1.54) is 0 Å². The van der Waals surface area contributed by atoms with Gasteiger partial charge in [0.2, 0.25) is 6.39 Å². The average Bonchev–Trinajstić information content (AvgIpc) is 2.12. The summed E-state index contributed by atoms with van der Waals surface area (Å²) in [5.41, 5.74) is 0. The minimum atomic E-state index is -2.33. The van der Waals surface area contributed by atoms with Gasteiger partial charge in [-0.2, -0.15) is 8.42 Å². The van der Waals surface area contributed by atoms with E-state index in [2.05, 4.69) is 14.6 Å². The Morgan fingerprint density at radius 3 is 2.75 bits per heavy atom. The van der Waals surface area contributed by atoms with Crippen LogP contribution in [0.4, 0.5) is 0 Å². The smallest absolute Gasteiger partial charge is 0.339 e. The van der Waals surface area contributed by atoms with E-state index in [1.54, 1.807) is 0 Å². The van der Waals surface area contributed by atoms with Gasteiger partial charge in [-0.1, -0.05) is 0 Å². The lowest BCUT2D eigenvalue weighted by molar-refractivity contribution is 0.526. The Kier molecular flexibility index (Phi) is 1.17. The molecule has 0 atom stereocenters. The molecular weight excluding hydrogens is 132 g/mol. The number of aromatic amines is 1. The molecule has 0 aromatic carbocycles. The summed E-state index contributed by atoms with van der Waals surface area (Å²) in [6.45, 7) is 0. The van der Waals surface area contributed by atoms with Gasteiger partial charge >= 0.3 is 4.84 Å². The van der Waals surface area contributed by atoms with Gasteiger partial charge in [-0.05, 0) is 0 Å². The first-order valence-electron chi connectivity index (χ1n) is 1.71. The van der Waals surface area contributed by atoms with Gasteiger partial charge < -0.3 is 4.42 Å². The summed E-state index contributed by atoms with van der Waals surface area (Å²) >= 11 is 0. The second-order valence-electron chi connectivity index (χ2n) is 0.986. The largest absolute Gasteiger partial charge is 0.414 e. The molecule has 5 nitrogen and oxygen atoms in total. The van der Waals surface area contributed by atoms with Crippen LogP contribution >= 0.6 is 0 Å². The monoisotopic (exact) mass is 134 g/mol. The van der Waals surface area contributed by atoms with Crippen LogP contribution in [-0.4, -0.2) is 18.6 Å². The normalized spacial score (nSPS) is 9.00. The van der Waals surface area contributed by atoms with E-state index in [0.717, 1.165) is 6.39 Å². The molecule has 1 heterocycles. The van der Waals surface area contributed by atoms with Crippen LogP contribution in [0.3, 0.4) is 0 Å². The highest BCUT2D eigenvalue weighted by Crippen LogP contribution is 1.73. The highest BCUT2D eigenvalue weighted by Gasteiger charge is 1.79. The van der Waals surface area contributed by atoms with Crippen LogP contribution in [0, 0.1) is 4.84 Å². The van der Waals surface area contributed by atoms with E-state index >= 15 is 0 Å². The van der Waals surface area contributed by atoms with Gasteiger partial charge in [-0.25, -0.2) is 5.10 Å². The van der Waals surface area contributed by atoms with E-state index in [-0.39, 0.29) is 4.84 Å². The SMILES string of the molecule is O=S(=O)=c1[nH]nco1. The summed E-state index contributed by atoms with van der Waals surface area (Å²) < 4.78 is 24.1. The molecule has 0 amide bonds. The van der Waals surface area contributed by atoms with Crippen molar-refractivity contribution in [2.45, 2.75) is 0 Å². The van der Waals surface area contributed by atoms with E-state index in [9.17, 15) is 8.42 Å². The number of hydrogen-bond acceptors (Lipinski definition) is 4. The van der Waals surface area contributed by atoms with Gasteiger partial charge in [0.05, 0.1) is 0 Å². The Morgan fingerprint density at radius 1 is 1.75 bits per heavy atom. The molecule has 1 aromatic heterocycles. The van der Waals surface area contributed by atoms with Crippen molar-refractivity contribution in [3.63, 3.8) is 0 Å². The Labute approximate surface area is 45.5 Å². The lowest BCUT2D eigenvalue weighted by atomic mass is 11.5. The van der Waals surface area contributed by atoms with Crippen LogP contribution in [-0.2, 0) is 10.3 Å². The number of H-pyrrole nitrogens is 1. The Balaban J connectivity index is 3.78. The Bertz CT molecular complexity index is 292. The molecule has 1 rings (SSSR count). The van der Waals surface area contributed by atoms with Crippen LogP contribution < -0.4 is 0 Å². The number of rotatable bonds is 0. The molecule has 0 saturated carbocycles. The fourth-order valence-corrected chi connectivity index (χ4v) is 0.505. The standard InChI is InChI=1S/C2H2N2O3S/c5-8(6)2-4-3-1-7-2/h1,4H. The molecule has 8 heavy (non-hydrogen) atoms. The molecule has 1 N–H and O–H groups in total. The molecule has 6 heteroatoms. The maximum Gasteiger partial charge on any atom is 0.339 e. The van der Waals surface area contributed by atoms with Crippen LogP contribution in [0.1, 0.15) is 0 Å². The third kappa shape index (κ3) is 0.784. The van der Waals surface area contributed by atoms with Gasteiger partial charge in [0.1, 0.15) is 0 Å². The Hall–Kier alpha value is -1.04. The van der Waals surface area contributed by atoms with Gasteiger partial charge in [0.25, 0.3) is 10.3 Å². The predicted molar refractivity (Wildman–Crippen MR) is 23.0 cm³/mol. The highest BCUT2D eigenvalue weighted by molar-refractivity contribution is 7.63. The zero-order valence-corrected chi connectivity index (χ0v) is 4.47. The second kappa shape index (κ2) is 1.83. The molecule has 0 aliphatic carbocycles. The van der Waals surface area contributed by atoms with Gasteiger partial charge in [-0.3, -0.25) is 0 Å². The van der Waals surface area contributed by atoms with Gasteiger partial charge in [0.15, 0.2) is 0 Å². The third-order valence-corrected chi connectivity index (χ3v) is 1.01. The molecule has 0 radical (unpaired) electrons. The molecule has 0 aliphatic rings. The first kappa shape index (κ1) is 5.10. The Morgan fingerprint density at radius 2 is 2.50 bits per heavy atom. The van der Waals surface area contributed by atoms with Crippen LogP contribution in [0.15, 0.2) is 10.8 Å². The fourth-order valence-electron chi connectivity index (χ4n) is 0.256. The molecule has 44 valence electrons. The minimum Gasteiger partial charge on any atom is -0.414 e. The summed E-state index contributed by atoms with van der Waals surface area (Å²) in [5.74, 6) is 0. The van der Waals surface area contributed by atoms with Crippen molar-refractivity contribution in [2.75, 3.05) is 0 Å². The van der Waals surface area contributed by atoms with Crippen molar-refractivity contribution in [2.24, 2.45) is 0 Å². The lowest BCUT2D eigenvalue weighted by Crippen LogP contribution is -1.66. The van der Waals surface area contributed by atoms with Crippen molar-refractivity contribution in [1.29, 1.82) is 0 Å². The highest BCUT2D eigenvalue weighted by atomic mass is 32.2. The van der Waals surface area contributed by atoms with E-state index in [4.69, 9.17) is 0 Å². The summed E-state index contributed by atoms with van der Waals surface area (Å²) in [6, 6.07) is 0. The molecule has 0 bridgehead atoms. The molecule has 0 unspecified atom stereocenters. The number of hydrogen-bond donors (Lipinski definition) is 1. The van der Waals surface area contributed by atoms with E-state index in [0.29, 0.717) is 0 Å². The van der Waals surface area contributed by atoms with Crippen LogP contribution in [0.25, 0.3) is 0 Å². The molecule has 1 aromatic rings. The molecule has 0 fully saturated rings. The predicted octanol–water partition coefficient (Wildman–Crippen LogP) is -0.586. The van der Waals surface area contributed by atoms with Crippen LogP contribution in [0.2, 0.25) is 0 Å². The second-order valence-corrected chi connectivity index (χ2v) is 1.83. The number of aromatic nitrogens is 2. The molecule has 0 spiro atoms. The van der Waals surface area contributed by atoms with Crippen molar-refractivity contribution < 1.29 is 12.8 Å². The lowest BCUT2D eigenvalue weighted by Gasteiger charge is -1.54. The quantitative estimate of drug-likeness (QED) is 0.481. The summed E-state index contributed by atoms with van der Waals surface area (Å²) in [5, 5.41) is 5.37. The molecule has 0 aliphatic heterocycles.